The van der Waals surface area contributed by atoms with E-state index in [-0.39, 0.29) is 43.2 Å². The normalized spacial score (nSPS) is 14.1. The SMILES string of the molecule is CCC(CNC(=O)C(CC(C)C)NC(=O)OCC1c2ccccc2-c2ccccc21)CC(=O)O. The number of aliphatic carboxylic acids is 1. The van der Waals surface area contributed by atoms with Crippen LogP contribution in [0.3, 0.4) is 0 Å². The van der Waals surface area contributed by atoms with Crippen LogP contribution >= 0.6 is 0 Å². The lowest BCUT2D eigenvalue weighted by Gasteiger charge is -2.22. The highest BCUT2D eigenvalue weighted by atomic mass is 16.5. The van der Waals surface area contributed by atoms with Crippen LogP contribution < -0.4 is 10.6 Å². The van der Waals surface area contributed by atoms with E-state index < -0.39 is 18.1 Å². The van der Waals surface area contributed by atoms with E-state index in [9.17, 15) is 14.4 Å². The summed E-state index contributed by atoms with van der Waals surface area (Å²) in [5.41, 5.74) is 4.54. The van der Waals surface area contributed by atoms with Crippen LogP contribution in [0.1, 0.15) is 57.1 Å². The lowest BCUT2D eigenvalue weighted by atomic mass is 9.98. The topological polar surface area (TPSA) is 105 Å². The van der Waals surface area contributed by atoms with Gasteiger partial charge in [-0.2, -0.15) is 0 Å². The summed E-state index contributed by atoms with van der Waals surface area (Å²) in [6.07, 6.45) is 0.443. The molecule has 1 aliphatic carbocycles. The molecule has 0 fully saturated rings. The van der Waals surface area contributed by atoms with Gasteiger partial charge >= 0.3 is 12.1 Å². The molecule has 7 heteroatoms. The summed E-state index contributed by atoms with van der Waals surface area (Å²) >= 11 is 0. The maximum atomic E-state index is 12.8. The van der Waals surface area contributed by atoms with Crippen molar-refractivity contribution in [2.45, 2.75) is 52.0 Å². The summed E-state index contributed by atoms with van der Waals surface area (Å²) in [6.45, 7) is 6.26. The predicted octanol–water partition coefficient (Wildman–Crippen LogP) is 4.56. The van der Waals surface area contributed by atoms with Crippen molar-refractivity contribution in [3.63, 3.8) is 0 Å². The molecule has 0 saturated carbocycles. The lowest BCUT2D eigenvalue weighted by Crippen LogP contribution is -2.48. The van der Waals surface area contributed by atoms with E-state index in [0.717, 1.165) is 22.3 Å². The molecule has 34 heavy (non-hydrogen) atoms. The first-order valence-corrected chi connectivity index (χ1v) is 11.9. The number of alkyl carbamates (subject to hydrolysis) is 1. The zero-order valence-corrected chi connectivity index (χ0v) is 20.0. The van der Waals surface area contributed by atoms with Crippen LogP contribution in [-0.4, -0.2) is 42.3 Å². The fraction of sp³-hybridized carbons (Fsp3) is 0.444. The first kappa shape index (κ1) is 25.3. The molecule has 2 unspecified atom stereocenters. The fourth-order valence-corrected chi connectivity index (χ4v) is 4.46. The summed E-state index contributed by atoms with van der Waals surface area (Å²) in [7, 11) is 0. The Morgan fingerprint density at radius 1 is 1.00 bits per heavy atom. The number of amides is 2. The second kappa shape index (κ2) is 11.7. The number of carbonyl (C=O) groups is 3. The van der Waals surface area contributed by atoms with E-state index >= 15 is 0 Å². The van der Waals surface area contributed by atoms with Crippen molar-refractivity contribution in [1.82, 2.24) is 10.6 Å². The minimum Gasteiger partial charge on any atom is -0.481 e. The van der Waals surface area contributed by atoms with Gasteiger partial charge in [0.25, 0.3) is 0 Å². The molecular weight excluding hydrogens is 432 g/mol. The highest BCUT2D eigenvalue weighted by Crippen LogP contribution is 2.44. The summed E-state index contributed by atoms with van der Waals surface area (Å²) in [6, 6.07) is 15.5. The van der Waals surface area contributed by atoms with Crippen molar-refractivity contribution in [3.05, 3.63) is 59.7 Å². The standard InChI is InChI=1S/C27H34N2O5/c1-4-18(14-25(30)31)15-28-26(32)24(13-17(2)3)29-27(33)34-16-23-21-11-7-5-9-19(21)20-10-6-8-12-22(20)23/h5-12,17-18,23-24H,4,13-16H2,1-3H3,(H,28,32)(H,29,33)(H,30,31). The number of rotatable bonds is 11. The van der Waals surface area contributed by atoms with Crippen LogP contribution in [-0.2, 0) is 14.3 Å². The Bertz CT molecular complexity index is 974. The van der Waals surface area contributed by atoms with Gasteiger partial charge in [-0.1, -0.05) is 75.7 Å². The molecule has 3 rings (SSSR count). The quantitative estimate of drug-likeness (QED) is 0.450. The summed E-state index contributed by atoms with van der Waals surface area (Å²) in [5.74, 6) is -1.26. The van der Waals surface area contributed by atoms with Crippen molar-refractivity contribution in [1.29, 1.82) is 0 Å². The van der Waals surface area contributed by atoms with Crippen molar-refractivity contribution >= 4 is 18.0 Å². The van der Waals surface area contributed by atoms with Crippen LogP contribution in [0.25, 0.3) is 11.1 Å². The number of fused-ring (bicyclic) bond motifs is 3. The third-order valence-electron chi connectivity index (χ3n) is 6.26. The van der Waals surface area contributed by atoms with Crippen LogP contribution in [0.5, 0.6) is 0 Å². The van der Waals surface area contributed by atoms with Gasteiger partial charge in [-0.05, 0) is 40.5 Å². The van der Waals surface area contributed by atoms with Crippen LogP contribution in [0.4, 0.5) is 4.79 Å². The second-order valence-corrected chi connectivity index (χ2v) is 9.27. The molecule has 182 valence electrons. The number of ether oxygens (including phenoxy) is 1. The van der Waals surface area contributed by atoms with Crippen LogP contribution in [0, 0.1) is 11.8 Å². The van der Waals surface area contributed by atoms with Gasteiger partial charge in [0, 0.05) is 18.9 Å². The zero-order chi connectivity index (χ0) is 24.7. The van der Waals surface area contributed by atoms with Gasteiger partial charge in [0.1, 0.15) is 12.6 Å². The van der Waals surface area contributed by atoms with Crippen molar-refractivity contribution in [2.24, 2.45) is 11.8 Å². The molecule has 2 atom stereocenters. The number of carbonyl (C=O) groups excluding carboxylic acids is 2. The van der Waals surface area contributed by atoms with E-state index in [1.165, 1.54) is 0 Å². The molecule has 3 N–H and O–H groups in total. The molecule has 2 aromatic carbocycles. The van der Waals surface area contributed by atoms with E-state index in [1.54, 1.807) is 0 Å². The molecule has 0 radical (unpaired) electrons. The van der Waals surface area contributed by atoms with E-state index in [0.29, 0.717) is 12.8 Å². The molecule has 0 bridgehead atoms. The molecule has 0 aliphatic heterocycles. The molecular formula is C27H34N2O5. The Labute approximate surface area is 200 Å². The maximum Gasteiger partial charge on any atom is 0.407 e. The number of carboxylic acid groups (broad SMARTS) is 1. The van der Waals surface area contributed by atoms with Gasteiger partial charge in [0.15, 0.2) is 0 Å². The highest BCUT2D eigenvalue weighted by molar-refractivity contribution is 5.85. The molecule has 0 saturated heterocycles. The maximum absolute atomic E-state index is 12.8. The van der Waals surface area contributed by atoms with Gasteiger partial charge in [-0.25, -0.2) is 4.79 Å². The Morgan fingerprint density at radius 2 is 1.59 bits per heavy atom. The van der Waals surface area contributed by atoms with Gasteiger partial charge in [0.2, 0.25) is 5.91 Å². The number of hydrogen-bond donors (Lipinski definition) is 3. The molecule has 2 amide bonds. The Kier molecular flexibility index (Phi) is 8.68. The van der Waals surface area contributed by atoms with Gasteiger partial charge < -0.3 is 20.5 Å². The number of benzene rings is 2. The Hall–Kier alpha value is -3.35. The molecule has 0 heterocycles. The summed E-state index contributed by atoms with van der Waals surface area (Å²) in [5, 5.41) is 14.5. The number of carboxylic acids is 1. The Morgan fingerprint density at radius 3 is 2.12 bits per heavy atom. The smallest absolute Gasteiger partial charge is 0.407 e. The van der Waals surface area contributed by atoms with E-state index in [1.807, 2.05) is 45.0 Å². The first-order valence-electron chi connectivity index (χ1n) is 11.9. The van der Waals surface area contributed by atoms with Crippen molar-refractivity contribution in [2.75, 3.05) is 13.2 Å². The van der Waals surface area contributed by atoms with Gasteiger partial charge in [0.05, 0.1) is 0 Å². The lowest BCUT2D eigenvalue weighted by molar-refractivity contribution is -0.138. The van der Waals surface area contributed by atoms with Gasteiger partial charge in [-0.15, -0.1) is 0 Å². The minimum atomic E-state index is -0.892. The first-order chi connectivity index (χ1) is 16.3. The van der Waals surface area contributed by atoms with E-state index in [2.05, 4.69) is 34.9 Å². The number of nitrogens with one attached hydrogen (secondary N) is 2. The Balaban J connectivity index is 1.61. The second-order valence-electron chi connectivity index (χ2n) is 9.27. The average molecular weight is 467 g/mol. The largest absolute Gasteiger partial charge is 0.481 e. The van der Waals surface area contributed by atoms with Crippen LogP contribution in [0.15, 0.2) is 48.5 Å². The summed E-state index contributed by atoms with van der Waals surface area (Å²) in [4.78, 5) is 36.4. The molecule has 2 aromatic rings. The third kappa shape index (κ3) is 6.37. The van der Waals surface area contributed by atoms with Crippen molar-refractivity contribution < 1.29 is 24.2 Å². The zero-order valence-electron chi connectivity index (χ0n) is 20.0. The molecule has 0 aromatic heterocycles. The minimum absolute atomic E-state index is 0.00850. The van der Waals surface area contributed by atoms with Gasteiger partial charge in [-0.3, -0.25) is 9.59 Å². The highest BCUT2D eigenvalue weighted by Gasteiger charge is 2.30. The third-order valence-corrected chi connectivity index (χ3v) is 6.26. The van der Waals surface area contributed by atoms with Crippen molar-refractivity contribution in [3.8, 4) is 11.1 Å². The summed E-state index contributed by atoms with van der Waals surface area (Å²) < 4.78 is 5.59. The molecule has 1 aliphatic rings. The number of hydrogen-bond acceptors (Lipinski definition) is 4. The van der Waals surface area contributed by atoms with E-state index in [4.69, 9.17) is 9.84 Å². The average Bonchev–Trinajstić information content (AvgIpc) is 3.13. The molecule has 7 nitrogen and oxygen atoms in total. The molecule has 0 spiro atoms. The predicted molar refractivity (Wildman–Crippen MR) is 130 cm³/mol. The fourth-order valence-electron chi connectivity index (χ4n) is 4.46. The van der Waals surface area contributed by atoms with Crippen LogP contribution in [0.2, 0.25) is 0 Å². The monoisotopic (exact) mass is 466 g/mol.